The number of aromatic nitrogens is 1. The molecule has 4 N–H and O–H groups in total. The Morgan fingerprint density at radius 3 is 3.00 bits per heavy atom. The maximum absolute atomic E-state index is 11.7. The molecule has 4 rings (SSSR count). The van der Waals surface area contributed by atoms with Crippen molar-refractivity contribution in [3.8, 4) is 0 Å². The van der Waals surface area contributed by atoms with Gasteiger partial charge in [-0.1, -0.05) is 0 Å². The highest BCUT2D eigenvalue weighted by Gasteiger charge is 2.31. The van der Waals surface area contributed by atoms with E-state index in [-0.39, 0.29) is 11.9 Å². The van der Waals surface area contributed by atoms with Gasteiger partial charge in [-0.3, -0.25) is 4.79 Å². The predicted octanol–water partition coefficient (Wildman–Crippen LogP) is 2.49. The normalized spacial score (nSPS) is 18.4. The number of anilines is 2. The zero-order valence-electron chi connectivity index (χ0n) is 12.0. The van der Waals surface area contributed by atoms with Crippen molar-refractivity contribution in [2.45, 2.75) is 18.9 Å². The summed E-state index contributed by atoms with van der Waals surface area (Å²) in [4.78, 5) is 18.6. The van der Waals surface area contributed by atoms with Gasteiger partial charge >= 0.3 is 0 Å². The van der Waals surface area contributed by atoms with Gasteiger partial charge in [0.2, 0.25) is 5.91 Å². The lowest BCUT2D eigenvalue weighted by Gasteiger charge is -2.24. The molecule has 1 aliphatic heterocycles. The van der Waals surface area contributed by atoms with Gasteiger partial charge < -0.3 is 16.4 Å². The van der Waals surface area contributed by atoms with E-state index in [4.69, 9.17) is 16.5 Å². The number of hydrogen-bond acceptors (Lipinski definition) is 5. The van der Waals surface area contributed by atoms with Crippen molar-refractivity contribution in [3.05, 3.63) is 29.6 Å². The van der Waals surface area contributed by atoms with Gasteiger partial charge in [-0.25, -0.2) is 4.98 Å². The quantitative estimate of drug-likeness (QED) is 0.712. The number of thiophene rings is 1. The van der Waals surface area contributed by atoms with Gasteiger partial charge in [0.15, 0.2) is 0 Å². The Hall–Kier alpha value is -2.34. The second-order valence-electron chi connectivity index (χ2n) is 5.63. The minimum atomic E-state index is -0.282. The molecular weight excluding hydrogens is 296 g/mol. The summed E-state index contributed by atoms with van der Waals surface area (Å²) in [5.41, 5.74) is 13.0. The lowest BCUT2D eigenvalue weighted by Crippen LogP contribution is -2.40. The Morgan fingerprint density at radius 2 is 2.18 bits per heavy atom. The van der Waals surface area contributed by atoms with Crippen molar-refractivity contribution >= 4 is 49.7 Å². The van der Waals surface area contributed by atoms with Gasteiger partial charge in [0.25, 0.3) is 0 Å². The van der Waals surface area contributed by atoms with E-state index in [0.29, 0.717) is 5.69 Å². The topological polar surface area (TPSA) is 85.2 Å². The molecule has 1 aromatic carbocycles. The number of benzene rings is 1. The smallest absolute Gasteiger partial charge is 0.240 e. The molecule has 6 heteroatoms. The number of pyridine rings is 1. The maximum atomic E-state index is 11.7. The van der Waals surface area contributed by atoms with E-state index < -0.39 is 0 Å². The highest BCUT2D eigenvalue weighted by atomic mass is 32.1. The molecule has 0 bridgehead atoms. The van der Waals surface area contributed by atoms with Crippen molar-refractivity contribution in [2.24, 2.45) is 5.73 Å². The summed E-state index contributed by atoms with van der Waals surface area (Å²) in [6.45, 7) is 0.805. The van der Waals surface area contributed by atoms with E-state index >= 15 is 0 Å². The van der Waals surface area contributed by atoms with Crippen molar-refractivity contribution in [1.29, 1.82) is 0 Å². The molecule has 1 atom stereocenters. The molecule has 1 fully saturated rings. The molecule has 1 saturated heterocycles. The van der Waals surface area contributed by atoms with Crippen molar-refractivity contribution in [3.63, 3.8) is 0 Å². The Bertz CT molecular complexity index is 888. The molecule has 5 nitrogen and oxygen atoms in total. The molecule has 0 aliphatic carbocycles. The number of nitrogens with zero attached hydrogens (tertiary/aromatic N) is 2. The van der Waals surface area contributed by atoms with Crippen LogP contribution in [0.5, 0.6) is 0 Å². The van der Waals surface area contributed by atoms with Gasteiger partial charge in [0, 0.05) is 27.7 Å². The van der Waals surface area contributed by atoms with Crippen LogP contribution in [-0.4, -0.2) is 23.5 Å². The number of rotatable bonds is 2. The summed E-state index contributed by atoms with van der Waals surface area (Å²) >= 11 is 1.68. The third-order valence-electron chi connectivity index (χ3n) is 4.25. The number of fused-ring (bicyclic) bond motifs is 3. The maximum Gasteiger partial charge on any atom is 0.240 e. The van der Waals surface area contributed by atoms with Crippen LogP contribution in [0.3, 0.4) is 0 Å². The molecular formula is C16H16N4OS. The summed E-state index contributed by atoms with van der Waals surface area (Å²) < 4.78 is 1.18. The van der Waals surface area contributed by atoms with Crippen LogP contribution in [0, 0.1) is 0 Å². The van der Waals surface area contributed by atoms with E-state index in [1.165, 1.54) is 4.70 Å². The van der Waals surface area contributed by atoms with Crippen LogP contribution in [0.4, 0.5) is 11.5 Å². The Morgan fingerprint density at radius 1 is 1.32 bits per heavy atom. The van der Waals surface area contributed by atoms with E-state index in [1.807, 2.05) is 23.1 Å². The summed E-state index contributed by atoms with van der Waals surface area (Å²) in [5, 5.41) is 4.23. The van der Waals surface area contributed by atoms with E-state index in [1.54, 1.807) is 11.3 Å². The zero-order chi connectivity index (χ0) is 15.3. The first-order chi connectivity index (χ1) is 10.6. The van der Waals surface area contributed by atoms with Gasteiger partial charge in [-0.15, -0.1) is 11.3 Å². The number of nitrogen functional groups attached to an aromatic ring is 1. The largest absolute Gasteiger partial charge is 0.399 e. The first-order valence-electron chi connectivity index (χ1n) is 7.27. The summed E-state index contributed by atoms with van der Waals surface area (Å²) in [6.07, 6.45) is 1.74. The molecule has 0 unspecified atom stereocenters. The molecule has 1 amide bonds. The highest BCUT2D eigenvalue weighted by molar-refractivity contribution is 7.18. The average Bonchev–Trinajstić information content (AvgIpc) is 3.15. The number of primary amides is 1. The third-order valence-corrected chi connectivity index (χ3v) is 5.20. The molecule has 112 valence electrons. The fourth-order valence-corrected chi connectivity index (χ4v) is 4.16. The molecule has 3 aromatic rings. The van der Waals surface area contributed by atoms with Crippen LogP contribution in [0.2, 0.25) is 0 Å². The second-order valence-corrected chi connectivity index (χ2v) is 6.55. The van der Waals surface area contributed by atoms with Crippen LogP contribution in [-0.2, 0) is 4.79 Å². The lowest BCUT2D eigenvalue weighted by atomic mass is 10.1. The molecule has 22 heavy (non-hydrogen) atoms. The number of nitrogens with two attached hydrogens (primary N) is 2. The third kappa shape index (κ3) is 1.91. The van der Waals surface area contributed by atoms with Crippen molar-refractivity contribution < 1.29 is 4.79 Å². The first-order valence-corrected chi connectivity index (χ1v) is 8.15. The molecule has 1 aliphatic rings. The van der Waals surface area contributed by atoms with Gasteiger partial charge in [0.1, 0.15) is 11.9 Å². The fourth-order valence-electron chi connectivity index (χ4n) is 3.24. The molecule has 3 heterocycles. The van der Waals surface area contributed by atoms with E-state index in [9.17, 15) is 4.79 Å². The molecule has 0 saturated carbocycles. The monoisotopic (exact) mass is 312 g/mol. The first kappa shape index (κ1) is 13.3. The van der Waals surface area contributed by atoms with Gasteiger partial charge in [-0.05, 0) is 42.5 Å². The summed E-state index contributed by atoms with van der Waals surface area (Å²) in [6, 6.07) is 7.58. The van der Waals surface area contributed by atoms with Crippen LogP contribution in [0.15, 0.2) is 29.6 Å². The summed E-state index contributed by atoms with van der Waals surface area (Å²) in [5.74, 6) is 0.561. The number of carbonyl (C=O) groups excluding carboxylic acids is 1. The molecule has 0 radical (unpaired) electrons. The van der Waals surface area contributed by atoms with Crippen LogP contribution in [0.1, 0.15) is 12.8 Å². The van der Waals surface area contributed by atoms with Crippen LogP contribution in [0.25, 0.3) is 21.0 Å². The number of amides is 1. The SMILES string of the molecule is NC(=O)[C@@H]1CCCN1c1nc2cc(N)ccc2c2sccc12. The minimum absolute atomic E-state index is 0.269. The van der Waals surface area contributed by atoms with Crippen LogP contribution >= 0.6 is 11.3 Å². The summed E-state index contributed by atoms with van der Waals surface area (Å²) in [7, 11) is 0. The van der Waals surface area contributed by atoms with Crippen molar-refractivity contribution in [2.75, 3.05) is 17.2 Å². The van der Waals surface area contributed by atoms with E-state index in [2.05, 4.69) is 11.4 Å². The Kier molecular flexibility index (Phi) is 2.94. The fraction of sp³-hybridized carbons (Fsp3) is 0.250. The lowest BCUT2D eigenvalue weighted by molar-refractivity contribution is -0.119. The van der Waals surface area contributed by atoms with Crippen molar-refractivity contribution in [1.82, 2.24) is 4.98 Å². The van der Waals surface area contributed by atoms with E-state index in [0.717, 1.165) is 41.5 Å². The Balaban J connectivity index is 1.99. The number of hydrogen-bond donors (Lipinski definition) is 2. The van der Waals surface area contributed by atoms with Gasteiger partial charge in [-0.2, -0.15) is 0 Å². The Labute approximate surface area is 131 Å². The molecule has 0 spiro atoms. The molecule has 2 aromatic heterocycles. The second kappa shape index (κ2) is 4.84. The zero-order valence-corrected chi connectivity index (χ0v) is 12.8. The predicted molar refractivity (Wildman–Crippen MR) is 91.1 cm³/mol. The average molecular weight is 312 g/mol. The minimum Gasteiger partial charge on any atom is -0.399 e. The highest BCUT2D eigenvalue weighted by Crippen LogP contribution is 2.37. The standard InChI is InChI=1S/C16H16N4OS/c17-9-3-4-10-12(8-9)19-16(11-5-7-22-14(10)11)20-6-1-2-13(20)15(18)21/h3-5,7-8,13H,1-2,6,17H2,(H2,18,21)/t13-/m0/s1. The number of carbonyl (C=O) groups is 1. The van der Waals surface area contributed by atoms with Crippen LogP contribution < -0.4 is 16.4 Å². The van der Waals surface area contributed by atoms with Gasteiger partial charge in [0.05, 0.1) is 5.52 Å².